The van der Waals surface area contributed by atoms with Crippen molar-refractivity contribution < 1.29 is 17.6 Å². The van der Waals surface area contributed by atoms with Crippen molar-refractivity contribution in [2.75, 3.05) is 0 Å². The summed E-state index contributed by atoms with van der Waals surface area (Å²) in [7, 11) is 0. The smallest absolute Gasteiger partial charge is 0.403 e. The van der Waals surface area contributed by atoms with Crippen LogP contribution in [0.4, 0.5) is 13.2 Å². The molecule has 5 nitrogen and oxygen atoms in total. The molecule has 176 valence electrons. The van der Waals surface area contributed by atoms with Gasteiger partial charge in [-0.1, -0.05) is 53.0 Å². The SMILES string of the molecule is CCc1c(-c2nnc(C3(C(F)(F)F)CCC3)o2)nc(-c2ccccc2Cl)n1-c1ccc(Br)cc1. The number of aromatic nitrogens is 4. The van der Waals surface area contributed by atoms with E-state index in [1.165, 1.54) is 0 Å². The summed E-state index contributed by atoms with van der Waals surface area (Å²) < 4.78 is 50.0. The molecular weight excluding hydrogens is 533 g/mol. The minimum absolute atomic E-state index is 0.0356. The highest BCUT2D eigenvalue weighted by atomic mass is 79.9. The molecule has 2 heterocycles. The minimum atomic E-state index is -4.46. The normalized spacial score (nSPS) is 15.4. The van der Waals surface area contributed by atoms with Gasteiger partial charge < -0.3 is 4.42 Å². The number of benzene rings is 2. The minimum Gasteiger partial charge on any atom is -0.418 e. The van der Waals surface area contributed by atoms with Crippen molar-refractivity contribution in [3.05, 3.63) is 69.6 Å². The van der Waals surface area contributed by atoms with Gasteiger partial charge in [-0.25, -0.2) is 4.98 Å². The maximum atomic E-state index is 13.8. The maximum absolute atomic E-state index is 13.8. The van der Waals surface area contributed by atoms with Crippen molar-refractivity contribution in [2.45, 2.75) is 44.2 Å². The molecule has 0 unspecified atom stereocenters. The van der Waals surface area contributed by atoms with Crippen molar-refractivity contribution in [1.82, 2.24) is 19.7 Å². The summed E-state index contributed by atoms with van der Waals surface area (Å²) in [5, 5.41) is 8.32. The summed E-state index contributed by atoms with van der Waals surface area (Å²) in [6.07, 6.45) is -3.59. The first-order valence-electron chi connectivity index (χ1n) is 10.8. The van der Waals surface area contributed by atoms with Gasteiger partial charge in [-0.05, 0) is 55.7 Å². The molecule has 10 heteroatoms. The third-order valence-corrected chi connectivity index (χ3v) is 7.15. The molecule has 1 fully saturated rings. The Morgan fingerprint density at radius 2 is 1.79 bits per heavy atom. The van der Waals surface area contributed by atoms with E-state index in [1.54, 1.807) is 6.07 Å². The number of halogens is 5. The number of hydrogen-bond acceptors (Lipinski definition) is 4. The van der Waals surface area contributed by atoms with Crippen LogP contribution in [0.1, 0.15) is 37.8 Å². The van der Waals surface area contributed by atoms with E-state index in [1.807, 2.05) is 54.0 Å². The number of alkyl halides is 3. The number of nitrogens with zero attached hydrogens (tertiary/aromatic N) is 4. The predicted molar refractivity (Wildman–Crippen MR) is 126 cm³/mol. The Kier molecular flexibility index (Phi) is 5.80. The molecule has 1 aliphatic rings. The van der Waals surface area contributed by atoms with E-state index in [2.05, 4.69) is 26.1 Å². The molecule has 0 N–H and O–H groups in total. The molecule has 2 aromatic carbocycles. The number of hydrogen-bond donors (Lipinski definition) is 0. The molecule has 1 aliphatic carbocycles. The molecule has 34 heavy (non-hydrogen) atoms. The Morgan fingerprint density at radius 1 is 1.09 bits per heavy atom. The number of rotatable bonds is 5. The Balaban J connectivity index is 1.71. The van der Waals surface area contributed by atoms with E-state index in [4.69, 9.17) is 21.0 Å². The van der Waals surface area contributed by atoms with Crippen molar-refractivity contribution in [3.63, 3.8) is 0 Å². The van der Waals surface area contributed by atoms with Gasteiger partial charge in [0.25, 0.3) is 5.89 Å². The lowest BCUT2D eigenvalue weighted by molar-refractivity contribution is -0.219. The van der Waals surface area contributed by atoms with Gasteiger partial charge in [-0.3, -0.25) is 4.57 Å². The largest absolute Gasteiger partial charge is 0.418 e. The quantitative estimate of drug-likeness (QED) is 0.257. The van der Waals surface area contributed by atoms with Crippen LogP contribution >= 0.6 is 27.5 Å². The summed E-state index contributed by atoms with van der Waals surface area (Å²) in [6, 6.07) is 14.9. The lowest BCUT2D eigenvalue weighted by Gasteiger charge is -2.39. The van der Waals surface area contributed by atoms with Crippen LogP contribution in [0.5, 0.6) is 0 Å². The van der Waals surface area contributed by atoms with E-state index in [0.717, 1.165) is 15.9 Å². The standard InChI is InChI=1S/C24H19BrClF3N4O/c1-2-18-19(21-31-32-22(34-21)23(12-5-13-23)24(27,28)29)30-20(16-6-3-4-7-17(16)26)33(18)15-10-8-14(25)9-11-15/h3-4,6-11H,2,5,12-13H2,1H3. The van der Waals surface area contributed by atoms with E-state index < -0.39 is 17.5 Å². The summed E-state index contributed by atoms with van der Waals surface area (Å²) in [5.74, 6) is 0.0982. The highest BCUT2D eigenvalue weighted by molar-refractivity contribution is 9.10. The molecule has 5 rings (SSSR count). The van der Waals surface area contributed by atoms with E-state index in [0.29, 0.717) is 34.9 Å². The Bertz CT molecular complexity index is 1340. The molecule has 0 radical (unpaired) electrons. The second kappa shape index (κ2) is 8.53. The van der Waals surface area contributed by atoms with E-state index in [9.17, 15) is 13.2 Å². The number of imidazole rings is 1. The first-order valence-corrected chi connectivity index (χ1v) is 12.0. The topological polar surface area (TPSA) is 56.7 Å². The van der Waals surface area contributed by atoms with Crippen molar-refractivity contribution >= 4 is 27.5 Å². The zero-order valence-electron chi connectivity index (χ0n) is 18.0. The Hall–Kier alpha value is -2.65. The second-order valence-electron chi connectivity index (χ2n) is 8.22. The molecule has 2 aromatic heterocycles. The second-order valence-corrected chi connectivity index (χ2v) is 9.54. The average Bonchev–Trinajstić information content (AvgIpc) is 3.38. The highest BCUT2D eigenvalue weighted by Gasteiger charge is 2.63. The van der Waals surface area contributed by atoms with Crippen LogP contribution in [-0.2, 0) is 11.8 Å². The van der Waals surface area contributed by atoms with Crippen molar-refractivity contribution in [2.24, 2.45) is 0 Å². The molecule has 0 amide bonds. The molecule has 1 saturated carbocycles. The first-order chi connectivity index (χ1) is 16.2. The van der Waals surface area contributed by atoms with Crippen LogP contribution in [0.25, 0.3) is 28.7 Å². The van der Waals surface area contributed by atoms with Crippen LogP contribution in [0.2, 0.25) is 5.02 Å². The van der Waals surface area contributed by atoms with Gasteiger partial charge in [-0.2, -0.15) is 13.2 Å². The Labute approximate surface area is 207 Å². The van der Waals surface area contributed by atoms with Crippen LogP contribution in [0.3, 0.4) is 0 Å². The van der Waals surface area contributed by atoms with E-state index >= 15 is 0 Å². The van der Waals surface area contributed by atoms with Crippen LogP contribution in [0, 0.1) is 0 Å². The zero-order chi connectivity index (χ0) is 24.1. The lowest BCUT2D eigenvalue weighted by Crippen LogP contribution is -2.48. The van der Waals surface area contributed by atoms with Crippen LogP contribution in [-0.4, -0.2) is 25.9 Å². The fourth-order valence-electron chi connectivity index (χ4n) is 4.30. The molecule has 0 atom stereocenters. The first kappa shape index (κ1) is 23.1. The molecule has 4 aromatic rings. The third kappa shape index (κ3) is 3.65. The predicted octanol–water partition coefficient (Wildman–Crippen LogP) is 7.55. The molecular formula is C24H19BrClF3N4O. The molecule has 0 aliphatic heterocycles. The Morgan fingerprint density at radius 3 is 2.38 bits per heavy atom. The third-order valence-electron chi connectivity index (χ3n) is 6.29. The lowest BCUT2D eigenvalue weighted by atomic mass is 9.68. The monoisotopic (exact) mass is 550 g/mol. The molecule has 0 saturated heterocycles. The highest BCUT2D eigenvalue weighted by Crippen LogP contribution is 2.54. The van der Waals surface area contributed by atoms with Crippen molar-refractivity contribution in [1.29, 1.82) is 0 Å². The summed E-state index contributed by atoms with van der Waals surface area (Å²) >= 11 is 9.95. The van der Waals surface area contributed by atoms with Gasteiger partial charge in [0.2, 0.25) is 5.89 Å². The van der Waals surface area contributed by atoms with Gasteiger partial charge in [0.05, 0.1) is 10.7 Å². The summed E-state index contributed by atoms with van der Waals surface area (Å²) in [5.41, 5.74) is 0.486. The van der Waals surface area contributed by atoms with Crippen LogP contribution < -0.4 is 0 Å². The molecule has 0 spiro atoms. The van der Waals surface area contributed by atoms with E-state index in [-0.39, 0.29) is 18.7 Å². The van der Waals surface area contributed by atoms with Crippen molar-refractivity contribution in [3.8, 4) is 28.7 Å². The fourth-order valence-corrected chi connectivity index (χ4v) is 4.79. The van der Waals surface area contributed by atoms with Gasteiger partial charge >= 0.3 is 6.18 Å². The van der Waals surface area contributed by atoms with Crippen LogP contribution in [0.15, 0.2) is 57.4 Å². The summed E-state index contributed by atoms with van der Waals surface area (Å²) in [4.78, 5) is 4.77. The van der Waals surface area contributed by atoms with Gasteiger partial charge in [0.1, 0.15) is 16.9 Å². The zero-order valence-corrected chi connectivity index (χ0v) is 20.4. The maximum Gasteiger partial charge on any atom is 0.403 e. The fraction of sp³-hybridized carbons (Fsp3) is 0.292. The summed E-state index contributed by atoms with van der Waals surface area (Å²) in [6.45, 7) is 1.94. The van der Waals surface area contributed by atoms with Gasteiger partial charge in [-0.15, -0.1) is 10.2 Å². The van der Waals surface area contributed by atoms with Gasteiger partial charge in [0.15, 0.2) is 0 Å². The average molecular weight is 552 g/mol. The molecule has 0 bridgehead atoms. The van der Waals surface area contributed by atoms with Gasteiger partial charge in [0, 0.05) is 15.7 Å².